The third-order valence-corrected chi connectivity index (χ3v) is 4.27. The molecule has 170 valence electrons. The Morgan fingerprint density at radius 2 is 1.69 bits per heavy atom. The van der Waals surface area contributed by atoms with E-state index >= 15 is 0 Å². The number of nitrogens with zero attached hydrogens (tertiary/aromatic N) is 2. The number of nitriles is 1. The van der Waals surface area contributed by atoms with Gasteiger partial charge in [-0.05, 0) is 44.5 Å². The second kappa shape index (κ2) is 13.4. The minimum absolute atomic E-state index is 0.156. The Bertz CT molecular complexity index is 907. The molecule has 0 saturated heterocycles. The average molecular weight is 440 g/mol. The molecule has 1 unspecified atom stereocenters. The summed E-state index contributed by atoms with van der Waals surface area (Å²) in [5.74, 6) is -2.36. The Labute approximate surface area is 188 Å². The smallest absolute Gasteiger partial charge is 0.349 e. The van der Waals surface area contributed by atoms with E-state index in [1.54, 1.807) is 18.2 Å². The van der Waals surface area contributed by atoms with Crippen LogP contribution in [0.2, 0.25) is 0 Å². The summed E-state index contributed by atoms with van der Waals surface area (Å²) in [4.78, 5) is 37.6. The topological polar surface area (TPSA) is 106 Å². The van der Waals surface area contributed by atoms with Crippen molar-refractivity contribution in [2.75, 3.05) is 31.2 Å². The number of hydrogen-bond donors (Lipinski definition) is 0. The molecule has 0 amide bonds. The fourth-order valence-corrected chi connectivity index (χ4v) is 2.53. The van der Waals surface area contributed by atoms with Crippen molar-refractivity contribution in [2.24, 2.45) is 0 Å². The van der Waals surface area contributed by atoms with Gasteiger partial charge in [0.2, 0.25) is 0 Å². The fourth-order valence-electron chi connectivity index (χ4n) is 2.53. The Morgan fingerprint density at radius 3 is 2.19 bits per heavy atom. The van der Waals surface area contributed by atoms with Crippen molar-refractivity contribution in [3.8, 4) is 6.07 Å². The van der Waals surface area contributed by atoms with Crippen molar-refractivity contribution in [3.05, 3.63) is 60.2 Å². The van der Waals surface area contributed by atoms with Gasteiger partial charge in [-0.3, -0.25) is 0 Å². The first-order valence-corrected chi connectivity index (χ1v) is 10.0. The summed E-state index contributed by atoms with van der Waals surface area (Å²) in [6, 6.07) is 9.17. The first kappa shape index (κ1) is 26.2. The SMILES string of the molecule is C=CC(=O)OCC(COC(=O)C(=C)C)OC(=O)/C(C#N)=C/c1ccc(N(CC)CC)cc1. The number of rotatable bonds is 12. The van der Waals surface area contributed by atoms with Crippen LogP contribution in [0.25, 0.3) is 6.08 Å². The molecule has 0 radical (unpaired) electrons. The van der Waals surface area contributed by atoms with Gasteiger partial charge < -0.3 is 19.1 Å². The third kappa shape index (κ3) is 8.48. The molecule has 1 rings (SSSR count). The normalized spacial score (nSPS) is 11.5. The molecule has 8 nitrogen and oxygen atoms in total. The van der Waals surface area contributed by atoms with Gasteiger partial charge in [0.25, 0.3) is 0 Å². The zero-order chi connectivity index (χ0) is 24.1. The summed E-state index contributed by atoms with van der Waals surface area (Å²) in [6.45, 7) is 13.3. The van der Waals surface area contributed by atoms with Gasteiger partial charge in [0.15, 0.2) is 6.10 Å². The summed E-state index contributed by atoms with van der Waals surface area (Å²) in [5.41, 5.74) is 1.56. The molecular formula is C24H28N2O6. The van der Waals surface area contributed by atoms with E-state index < -0.39 is 24.0 Å². The van der Waals surface area contributed by atoms with E-state index in [0.29, 0.717) is 5.56 Å². The molecule has 0 aliphatic heterocycles. The van der Waals surface area contributed by atoms with Gasteiger partial charge in [-0.25, -0.2) is 14.4 Å². The number of benzene rings is 1. The highest BCUT2D eigenvalue weighted by atomic mass is 16.6. The quantitative estimate of drug-likeness (QED) is 0.211. The van der Waals surface area contributed by atoms with Crippen molar-refractivity contribution in [2.45, 2.75) is 26.9 Å². The lowest BCUT2D eigenvalue weighted by Gasteiger charge is -2.20. The fraction of sp³-hybridized carbons (Fsp3) is 0.333. The van der Waals surface area contributed by atoms with E-state index in [9.17, 15) is 19.6 Å². The Balaban J connectivity index is 2.94. The zero-order valence-corrected chi connectivity index (χ0v) is 18.6. The van der Waals surface area contributed by atoms with E-state index in [4.69, 9.17) is 14.2 Å². The molecular weight excluding hydrogens is 412 g/mol. The van der Waals surface area contributed by atoms with Gasteiger partial charge in [0.05, 0.1) is 0 Å². The summed E-state index contributed by atoms with van der Waals surface area (Å²) in [7, 11) is 0. The maximum Gasteiger partial charge on any atom is 0.349 e. The lowest BCUT2D eigenvalue weighted by Crippen LogP contribution is -2.31. The van der Waals surface area contributed by atoms with Gasteiger partial charge in [-0.15, -0.1) is 0 Å². The van der Waals surface area contributed by atoms with Gasteiger partial charge in [0.1, 0.15) is 24.9 Å². The second-order valence-corrected chi connectivity index (χ2v) is 6.67. The van der Waals surface area contributed by atoms with Crippen LogP contribution in [0.15, 0.2) is 54.6 Å². The highest BCUT2D eigenvalue weighted by Gasteiger charge is 2.21. The number of anilines is 1. The van der Waals surface area contributed by atoms with E-state index in [2.05, 4.69) is 31.9 Å². The second-order valence-electron chi connectivity index (χ2n) is 6.67. The first-order chi connectivity index (χ1) is 15.2. The molecule has 8 heteroatoms. The van der Waals surface area contributed by atoms with Crippen LogP contribution in [0, 0.1) is 11.3 Å². The summed E-state index contributed by atoms with van der Waals surface area (Å²) < 4.78 is 15.1. The third-order valence-electron chi connectivity index (χ3n) is 4.27. The highest BCUT2D eigenvalue weighted by molar-refractivity contribution is 5.98. The molecule has 0 bridgehead atoms. The monoisotopic (exact) mass is 440 g/mol. The summed E-state index contributed by atoms with van der Waals surface area (Å²) in [6.07, 6.45) is 1.22. The van der Waals surface area contributed by atoms with Crippen LogP contribution in [-0.4, -0.2) is 50.3 Å². The van der Waals surface area contributed by atoms with Gasteiger partial charge >= 0.3 is 17.9 Å². The molecule has 1 aromatic rings. The Morgan fingerprint density at radius 1 is 1.09 bits per heavy atom. The van der Waals surface area contributed by atoms with E-state index in [1.165, 1.54) is 13.0 Å². The first-order valence-electron chi connectivity index (χ1n) is 10.0. The van der Waals surface area contributed by atoms with Crippen LogP contribution in [0.4, 0.5) is 5.69 Å². The molecule has 0 heterocycles. The number of ether oxygens (including phenoxy) is 3. The van der Waals surface area contributed by atoms with E-state index in [1.807, 2.05) is 12.1 Å². The van der Waals surface area contributed by atoms with Crippen molar-refractivity contribution >= 4 is 29.7 Å². The van der Waals surface area contributed by atoms with Crippen LogP contribution >= 0.6 is 0 Å². The van der Waals surface area contributed by atoms with E-state index in [0.717, 1.165) is 24.9 Å². The minimum Gasteiger partial charge on any atom is -0.458 e. The predicted octanol–water partition coefficient (Wildman–Crippen LogP) is 3.20. The minimum atomic E-state index is -1.11. The van der Waals surface area contributed by atoms with Crippen LogP contribution in [0.5, 0.6) is 0 Å². The van der Waals surface area contributed by atoms with Crippen molar-refractivity contribution in [1.82, 2.24) is 0 Å². The maximum absolute atomic E-state index is 12.5. The van der Waals surface area contributed by atoms with Gasteiger partial charge in [-0.1, -0.05) is 25.3 Å². The van der Waals surface area contributed by atoms with Gasteiger partial charge in [-0.2, -0.15) is 5.26 Å². The molecule has 0 saturated carbocycles. The molecule has 32 heavy (non-hydrogen) atoms. The van der Waals surface area contributed by atoms with Crippen LogP contribution in [0.3, 0.4) is 0 Å². The Kier molecular flexibility index (Phi) is 11.0. The molecule has 1 aromatic carbocycles. The Hall–Kier alpha value is -3.86. The number of hydrogen-bond acceptors (Lipinski definition) is 8. The number of carbonyl (C=O) groups excluding carboxylic acids is 3. The predicted molar refractivity (Wildman–Crippen MR) is 120 cm³/mol. The van der Waals surface area contributed by atoms with Gasteiger partial charge in [0, 0.05) is 30.4 Å². The molecule has 0 spiro atoms. The summed E-state index contributed by atoms with van der Waals surface area (Å²) >= 11 is 0. The lowest BCUT2D eigenvalue weighted by molar-refractivity contribution is -0.160. The lowest BCUT2D eigenvalue weighted by atomic mass is 10.1. The van der Waals surface area contributed by atoms with Crippen LogP contribution < -0.4 is 4.90 Å². The molecule has 1 atom stereocenters. The molecule has 0 aliphatic rings. The zero-order valence-electron chi connectivity index (χ0n) is 18.6. The standard InChI is InChI=1S/C24H28N2O6/c1-6-22(27)30-15-21(16-31-23(28)17(4)5)32-24(29)19(14-25)13-18-9-11-20(12-10-18)26(7-2)8-3/h6,9-13,21H,1,4,7-8,15-16H2,2-3,5H3/b19-13+. The molecule has 0 fully saturated rings. The number of carbonyl (C=O) groups is 3. The number of esters is 3. The van der Waals surface area contributed by atoms with E-state index in [-0.39, 0.29) is 24.4 Å². The largest absolute Gasteiger partial charge is 0.458 e. The molecule has 0 aliphatic carbocycles. The average Bonchev–Trinajstić information content (AvgIpc) is 2.80. The van der Waals surface area contributed by atoms with Crippen LogP contribution in [-0.2, 0) is 28.6 Å². The molecule has 0 aromatic heterocycles. The maximum atomic E-state index is 12.5. The van der Waals surface area contributed by atoms with Crippen molar-refractivity contribution in [1.29, 1.82) is 5.26 Å². The molecule has 0 N–H and O–H groups in total. The highest BCUT2D eigenvalue weighted by Crippen LogP contribution is 2.17. The van der Waals surface area contributed by atoms with Crippen molar-refractivity contribution in [3.63, 3.8) is 0 Å². The van der Waals surface area contributed by atoms with Crippen LogP contribution in [0.1, 0.15) is 26.3 Å². The van der Waals surface area contributed by atoms with Crippen molar-refractivity contribution < 1.29 is 28.6 Å². The summed E-state index contributed by atoms with van der Waals surface area (Å²) in [5, 5.41) is 9.41.